The Morgan fingerprint density at radius 1 is 1.32 bits per heavy atom. The van der Waals surface area contributed by atoms with E-state index in [9.17, 15) is 27.5 Å². The third-order valence-electron chi connectivity index (χ3n) is 3.41. The summed E-state index contributed by atoms with van der Waals surface area (Å²) in [5.41, 5.74) is -3.52. The van der Waals surface area contributed by atoms with E-state index in [1.54, 1.807) is 13.8 Å². The summed E-state index contributed by atoms with van der Waals surface area (Å²) in [4.78, 5) is 12.2. The maximum atomic E-state index is 13.2. The van der Waals surface area contributed by atoms with Crippen LogP contribution in [0.3, 0.4) is 0 Å². The molecule has 0 spiro atoms. The van der Waals surface area contributed by atoms with E-state index in [1.165, 1.54) is 0 Å². The first kappa shape index (κ1) is 16.4. The van der Waals surface area contributed by atoms with E-state index < -0.39 is 30.0 Å². The van der Waals surface area contributed by atoms with Gasteiger partial charge in [0.05, 0.1) is 0 Å². The molecule has 0 radical (unpaired) electrons. The highest BCUT2D eigenvalue weighted by molar-refractivity contribution is 5.98. The Hall–Kier alpha value is -1.96. The molecule has 1 aromatic carbocycles. The van der Waals surface area contributed by atoms with Gasteiger partial charge in [0.1, 0.15) is 5.82 Å². The van der Waals surface area contributed by atoms with E-state index in [2.05, 4.69) is 5.10 Å². The molecule has 1 aromatic rings. The van der Waals surface area contributed by atoms with Crippen molar-refractivity contribution < 1.29 is 27.5 Å². The second-order valence-electron chi connectivity index (χ2n) is 5.36. The molecular formula is C14H14F4N2O2. The Morgan fingerprint density at radius 3 is 2.32 bits per heavy atom. The summed E-state index contributed by atoms with van der Waals surface area (Å²) in [7, 11) is 0. The maximum absolute atomic E-state index is 13.2. The number of nitrogens with zero attached hydrogens (tertiary/aromatic N) is 2. The number of carbonyl (C=O) groups excluding carboxylic acids is 1. The molecule has 1 N–H and O–H groups in total. The van der Waals surface area contributed by atoms with E-state index in [-0.39, 0.29) is 22.2 Å². The third-order valence-corrected chi connectivity index (χ3v) is 3.41. The predicted octanol–water partition coefficient (Wildman–Crippen LogP) is 2.93. The number of halogens is 4. The zero-order valence-corrected chi connectivity index (χ0v) is 11.9. The van der Waals surface area contributed by atoms with Gasteiger partial charge in [0.15, 0.2) is 0 Å². The van der Waals surface area contributed by atoms with Gasteiger partial charge in [0.25, 0.3) is 11.6 Å². The minimum atomic E-state index is -5.07. The van der Waals surface area contributed by atoms with Gasteiger partial charge in [-0.05, 0) is 30.2 Å². The van der Waals surface area contributed by atoms with Crippen LogP contribution in [0.25, 0.3) is 0 Å². The molecule has 2 rings (SSSR count). The fourth-order valence-corrected chi connectivity index (χ4v) is 2.04. The summed E-state index contributed by atoms with van der Waals surface area (Å²) in [6.07, 6.45) is -5.87. The number of carbonyl (C=O) groups is 1. The molecule has 1 aliphatic heterocycles. The van der Waals surface area contributed by atoms with Crippen molar-refractivity contribution in [3.8, 4) is 0 Å². The molecule has 0 fully saturated rings. The van der Waals surface area contributed by atoms with E-state index >= 15 is 0 Å². The molecule has 0 saturated heterocycles. The highest BCUT2D eigenvalue weighted by Gasteiger charge is 2.63. The summed E-state index contributed by atoms with van der Waals surface area (Å²) in [6, 6.07) is 3.97. The lowest BCUT2D eigenvalue weighted by molar-refractivity contribution is -0.297. The lowest BCUT2D eigenvalue weighted by Gasteiger charge is -2.32. The Balaban J connectivity index is 2.43. The van der Waals surface area contributed by atoms with Crippen LogP contribution in [0.5, 0.6) is 0 Å². The van der Waals surface area contributed by atoms with E-state index in [0.29, 0.717) is 0 Å². The lowest BCUT2D eigenvalue weighted by Crippen LogP contribution is -2.56. The van der Waals surface area contributed by atoms with Crippen molar-refractivity contribution in [3.63, 3.8) is 0 Å². The van der Waals surface area contributed by atoms with Gasteiger partial charge in [-0.3, -0.25) is 4.79 Å². The van der Waals surface area contributed by atoms with Crippen molar-refractivity contribution in [1.29, 1.82) is 0 Å². The molecular weight excluding hydrogens is 304 g/mol. The molecule has 22 heavy (non-hydrogen) atoms. The van der Waals surface area contributed by atoms with Crippen LogP contribution < -0.4 is 0 Å². The summed E-state index contributed by atoms with van der Waals surface area (Å²) >= 11 is 0. The van der Waals surface area contributed by atoms with Gasteiger partial charge in [-0.25, -0.2) is 4.39 Å². The fraction of sp³-hybridized carbons (Fsp3) is 0.429. The number of rotatable bonds is 2. The summed E-state index contributed by atoms with van der Waals surface area (Å²) in [5, 5.41) is 13.7. The fourth-order valence-electron chi connectivity index (χ4n) is 2.04. The maximum Gasteiger partial charge on any atom is 0.438 e. The molecule has 120 valence electrons. The first-order chi connectivity index (χ1) is 10.1. The van der Waals surface area contributed by atoms with Crippen molar-refractivity contribution in [2.45, 2.75) is 32.2 Å². The normalized spacial score (nSPS) is 22.2. The van der Waals surface area contributed by atoms with Crippen LogP contribution in [0, 0.1) is 11.7 Å². The summed E-state index contributed by atoms with van der Waals surface area (Å²) in [6.45, 7) is 3.23. The second-order valence-corrected chi connectivity index (χ2v) is 5.36. The summed E-state index contributed by atoms with van der Waals surface area (Å²) < 4.78 is 52.4. The molecule has 4 nitrogen and oxygen atoms in total. The number of alkyl halides is 3. The van der Waals surface area contributed by atoms with Gasteiger partial charge in [-0.15, -0.1) is 0 Å². The van der Waals surface area contributed by atoms with Crippen LogP contribution >= 0.6 is 0 Å². The smallest absolute Gasteiger partial charge is 0.362 e. The topological polar surface area (TPSA) is 52.9 Å². The molecule has 0 aromatic heterocycles. The Kier molecular flexibility index (Phi) is 3.99. The van der Waals surface area contributed by atoms with Gasteiger partial charge < -0.3 is 5.11 Å². The van der Waals surface area contributed by atoms with E-state index in [0.717, 1.165) is 24.3 Å². The van der Waals surface area contributed by atoms with E-state index in [1.807, 2.05) is 0 Å². The first-order valence-electron chi connectivity index (χ1n) is 6.53. The molecule has 0 saturated carbocycles. The zero-order chi connectivity index (χ0) is 16.7. The van der Waals surface area contributed by atoms with E-state index in [4.69, 9.17) is 0 Å². The van der Waals surface area contributed by atoms with Crippen LogP contribution in [-0.2, 0) is 0 Å². The Bertz CT molecular complexity index is 610. The van der Waals surface area contributed by atoms with Crippen molar-refractivity contribution in [2.75, 3.05) is 0 Å². The molecule has 1 heterocycles. The number of benzene rings is 1. The van der Waals surface area contributed by atoms with Crippen LogP contribution in [-0.4, -0.2) is 33.6 Å². The average molecular weight is 318 g/mol. The highest BCUT2D eigenvalue weighted by atomic mass is 19.4. The van der Waals surface area contributed by atoms with Gasteiger partial charge in [0, 0.05) is 17.7 Å². The van der Waals surface area contributed by atoms with Crippen LogP contribution in [0.4, 0.5) is 17.6 Å². The minimum Gasteiger partial charge on any atom is -0.362 e. The molecule has 0 aliphatic carbocycles. The van der Waals surface area contributed by atoms with Gasteiger partial charge in [-0.1, -0.05) is 13.8 Å². The van der Waals surface area contributed by atoms with Crippen molar-refractivity contribution in [2.24, 2.45) is 11.0 Å². The number of hydrazone groups is 1. The lowest BCUT2D eigenvalue weighted by atomic mass is 9.99. The van der Waals surface area contributed by atoms with Crippen LogP contribution in [0.1, 0.15) is 30.6 Å². The Labute approximate surface area is 124 Å². The predicted molar refractivity (Wildman–Crippen MR) is 70.5 cm³/mol. The number of aliphatic hydroxyl groups is 1. The molecule has 8 heteroatoms. The zero-order valence-electron chi connectivity index (χ0n) is 11.9. The van der Waals surface area contributed by atoms with Crippen molar-refractivity contribution in [1.82, 2.24) is 5.01 Å². The molecule has 1 aliphatic rings. The quantitative estimate of drug-likeness (QED) is 0.853. The van der Waals surface area contributed by atoms with Crippen LogP contribution in [0.15, 0.2) is 29.4 Å². The molecule has 1 amide bonds. The average Bonchev–Trinajstić information content (AvgIpc) is 2.78. The third kappa shape index (κ3) is 2.70. The molecule has 0 bridgehead atoms. The number of amides is 1. The van der Waals surface area contributed by atoms with Crippen molar-refractivity contribution in [3.05, 3.63) is 35.6 Å². The number of hydrogen-bond acceptors (Lipinski definition) is 3. The first-order valence-corrected chi connectivity index (χ1v) is 6.53. The van der Waals surface area contributed by atoms with Crippen molar-refractivity contribution >= 4 is 11.6 Å². The minimum absolute atomic E-state index is 0.0373. The molecule has 0 unspecified atom stereocenters. The molecule has 1 atom stereocenters. The SMILES string of the molecule is CC(C)C1=NN(C(=O)c2ccc(F)cc2)[C@](O)(C(F)(F)F)C1. The largest absolute Gasteiger partial charge is 0.438 e. The Morgan fingerprint density at radius 2 is 1.86 bits per heavy atom. The number of hydrogen-bond donors (Lipinski definition) is 1. The highest BCUT2D eigenvalue weighted by Crippen LogP contribution is 2.41. The standard InChI is InChI=1S/C14H14F4N2O2/c1-8(2)11-7-13(22,14(16,17)18)20(19-11)12(21)9-3-5-10(15)6-4-9/h3-6,8,22H,7H2,1-2H3/t13-/m1/s1. The summed E-state index contributed by atoms with van der Waals surface area (Å²) in [5.74, 6) is -2.13. The van der Waals surface area contributed by atoms with Gasteiger partial charge >= 0.3 is 6.18 Å². The van der Waals surface area contributed by atoms with Crippen LogP contribution in [0.2, 0.25) is 0 Å². The second kappa shape index (κ2) is 5.35. The monoisotopic (exact) mass is 318 g/mol. The van der Waals surface area contributed by atoms with Gasteiger partial charge in [-0.2, -0.15) is 23.3 Å². The van der Waals surface area contributed by atoms with Gasteiger partial charge in [0.2, 0.25) is 0 Å².